The second-order valence-electron chi connectivity index (χ2n) is 7.96. The smallest absolute Gasteiger partial charge is 0.425 e. The van der Waals surface area contributed by atoms with Crippen molar-refractivity contribution in [1.29, 1.82) is 0 Å². The zero-order valence-electron chi connectivity index (χ0n) is 18.0. The van der Waals surface area contributed by atoms with Crippen LogP contribution in [0.4, 0.5) is 9.59 Å². The number of carbonyl (C=O) groups is 3. The van der Waals surface area contributed by atoms with Crippen molar-refractivity contribution >= 4 is 18.1 Å². The van der Waals surface area contributed by atoms with Gasteiger partial charge in [0.25, 0.3) is 5.91 Å². The van der Waals surface area contributed by atoms with E-state index in [-0.39, 0.29) is 19.0 Å². The van der Waals surface area contributed by atoms with Gasteiger partial charge in [0.05, 0.1) is 13.7 Å². The average molecular weight is 408 g/mol. The number of hydrogen-bond acceptors (Lipinski definition) is 6. The van der Waals surface area contributed by atoms with E-state index in [4.69, 9.17) is 4.74 Å². The lowest BCUT2D eigenvalue weighted by atomic mass is 10.2. The first-order chi connectivity index (χ1) is 13.5. The van der Waals surface area contributed by atoms with Crippen molar-refractivity contribution < 1.29 is 23.9 Å². The Balaban J connectivity index is 2.92. The van der Waals surface area contributed by atoms with E-state index in [1.165, 1.54) is 17.1 Å². The second-order valence-corrected chi connectivity index (χ2v) is 7.96. The lowest BCUT2D eigenvalue weighted by Crippen LogP contribution is -2.54. The molecule has 0 spiro atoms. The number of nitrogens with one attached hydrogen (secondary N) is 2. The molecule has 1 aromatic rings. The summed E-state index contributed by atoms with van der Waals surface area (Å²) in [6.07, 6.45) is -1.41. The molecule has 0 atom stereocenters. The van der Waals surface area contributed by atoms with E-state index in [2.05, 4.69) is 15.6 Å². The van der Waals surface area contributed by atoms with Crippen molar-refractivity contribution in [2.45, 2.75) is 46.8 Å². The van der Waals surface area contributed by atoms with Crippen LogP contribution in [0.25, 0.3) is 0 Å². The Morgan fingerprint density at radius 2 is 1.66 bits per heavy atom. The van der Waals surface area contributed by atoms with Gasteiger partial charge in [0, 0.05) is 13.1 Å². The summed E-state index contributed by atoms with van der Waals surface area (Å²) in [5, 5.41) is 2.63. The maximum Gasteiger partial charge on any atom is 0.425 e. The molecule has 9 heteroatoms. The van der Waals surface area contributed by atoms with Gasteiger partial charge >= 0.3 is 12.2 Å². The lowest BCUT2D eigenvalue weighted by molar-refractivity contribution is -0.136. The molecule has 0 aliphatic heterocycles. The normalized spacial score (nSPS) is 11.2. The number of hydrazine groups is 2. The van der Waals surface area contributed by atoms with Crippen molar-refractivity contribution in [1.82, 2.24) is 20.9 Å². The minimum atomic E-state index is -0.742. The Morgan fingerprint density at radius 3 is 2.17 bits per heavy atom. The van der Waals surface area contributed by atoms with Crippen LogP contribution < -0.4 is 10.9 Å². The van der Waals surface area contributed by atoms with Gasteiger partial charge in [0.15, 0.2) is 0 Å². The van der Waals surface area contributed by atoms with Crippen LogP contribution in [0.1, 0.15) is 40.2 Å². The van der Waals surface area contributed by atoms with Crippen molar-refractivity contribution in [3.63, 3.8) is 0 Å². The highest BCUT2D eigenvalue weighted by Crippen LogP contribution is 2.08. The molecule has 0 bridgehead atoms. The molecule has 0 saturated heterocycles. The Labute approximate surface area is 172 Å². The minimum absolute atomic E-state index is 0.109. The number of hydrogen-bond donors (Lipinski definition) is 2. The maximum absolute atomic E-state index is 12.8. The fourth-order valence-electron chi connectivity index (χ4n) is 2.35. The van der Waals surface area contributed by atoms with Gasteiger partial charge < -0.3 is 9.47 Å². The number of carbonyl (C=O) groups excluding carboxylic acids is 3. The molecule has 1 rings (SSSR count). The zero-order chi connectivity index (χ0) is 22.0. The number of amides is 3. The topological polar surface area (TPSA) is 100 Å². The summed E-state index contributed by atoms with van der Waals surface area (Å²) in [7, 11) is 1.22. The van der Waals surface area contributed by atoms with Crippen LogP contribution >= 0.6 is 0 Å². The Hall–Kier alpha value is -2.81. The molecule has 0 saturated carbocycles. The van der Waals surface area contributed by atoms with E-state index in [1.807, 2.05) is 44.2 Å². The Kier molecular flexibility index (Phi) is 9.40. The third-order valence-corrected chi connectivity index (χ3v) is 3.45. The average Bonchev–Trinajstić information content (AvgIpc) is 2.59. The summed E-state index contributed by atoms with van der Waals surface area (Å²) in [5.74, 6) is -0.298. The standard InChI is InChI=1S/C20H32N4O5/c1-15(2)12-24(22-18(26)28-6)17(25)14-23(13-16-10-8-7-9-11-16)21-19(27)29-20(3,4)5/h7-11,15H,12-14H2,1-6H3,(H,21,27)(H,22,26). The van der Waals surface area contributed by atoms with Gasteiger partial charge in [0.2, 0.25) is 0 Å². The first-order valence-electron chi connectivity index (χ1n) is 9.43. The van der Waals surface area contributed by atoms with Crippen molar-refractivity contribution in [3.8, 4) is 0 Å². The summed E-state index contributed by atoms with van der Waals surface area (Å²) < 4.78 is 9.87. The highest BCUT2D eigenvalue weighted by atomic mass is 16.6. The highest BCUT2D eigenvalue weighted by Gasteiger charge is 2.24. The number of nitrogens with zero attached hydrogens (tertiary/aromatic N) is 2. The van der Waals surface area contributed by atoms with Crippen LogP contribution in [0, 0.1) is 5.92 Å². The predicted octanol–water partition coefficient (Wildman–Crippen LogP) is 2.68. The zero-order valence-corrected chi connectivity index (χ0v) is 18.0. The molecule has 0 aliphatic rings. The number of benzene rings is 1. The lowest BCUT2D eigenvalue weighted by Gasteiger charge is -2.29. The summed E-state index contributed by atoms with van der Waals surface area (Å²) in [6.45, 7) is 9.49. The van der Waals surface area contributed by atoms with E-state index in [0.717, 1.165) is 5.56 Å². The van der Waals surface area contributed by atoms with Gasteiger partial charge in [0.1, 0.15) is 5.60 Å². The van der Waals surface area contributed by atoms with Crippen LogP contribution in [0.15, 0.2) is 30.3 Å². The molecule has 0 radical (unpaired) electrons. The molecule has 0 aliphatic carbocycles. The van der Waals surface area contributed by atoms with E-state index in [0.29, 0.717) is 6.54 Å². The van der Waals surface area contributed by atoms with Gasteiger partial charge in [-0.15, -0.1) is 0 Å². The Morgan fingerprint density at radius 1 is 1.03 bits per heavy atom. The quantitative estimate of drug-likeness (QED) is 0.673. The Bertz CT molecular complexity index is 673. The molecule has 0 heterocycles. The van der Waals surface area contributed by atoms with Crippen LogP contribution in [-0.2, 0) is 20.8 Å². The molecular weight excluding hydrogens is 376 g/mol. The second kappa shape index (κ2) is 11.3. The fraction of sp³-hybridized carbons (Fsp3) is 0.550. The molecule has 3 amide bonds. The SMILES string of the molecule is COC(=O)NN(CC(C)C)C(=O)CN(Cc1ccccc1)NC(=O)OC(C)(C)C. The molecule has 1 aromatic carbocycles. The molecule has 2 N–H and O–H groups in total. The molecule has 162 valence electrons. The summed E-state index contributed by atoms with van der Waals surface area (Å²) in [6, 6.07) is 9.38. The third-order valence-electron chi connectivity index (χ3n) is 3.45. The third kappa shape index (κ3) is 10.3. The van der Waals surface area contributed by atoms with Gasteiger partial charge in [-0.25, -0.2) is 25.0 Å². The molecule has 0 aromatic heterocycles. The van der Waals surface area contributed by atoms with Crippen molar-refractivity contribution in [3.05, 3.63) is 35.9 Å². The number of rotatable bonds is 7. The molecular formula is C20H32N4O5. The first-order valence-corrected chi connectivity index (χ1v) is 9.43. The van der Waals surface area contributed by atoms with Gasteiger partial charge in [-0.3, -0.25) is 10.2 Å². The van der Waals surface area contributed by atoms with Crippen LogP contribution in [0.5, 0.6) is 0 Å². The van der Waals surface area contributed by atoms with E-state index >= 15 is 0 Å². The first kappa shape index (κ1) is 24.2. The predicted molar refractivity (Wildman–Crippen MR) is 108 cm³/mol. The van der Waals surface area contributed by atoms with E-state index in [1.54, 1.807) is 20.8 Å². The molecule has 0 fully saturated rings. The van der Waals surface area contributed by atoms with Crippen LogP contribution in [0.2, 0.25) is 0 Å². The maximum atomic E-state index is 12.8. The van der Waals surface area contributed by atoms with Crippen LogP contribution in [0.3, 0.4) is 0 Å². The van der Waals surface area contributed by atoms with Crippen molar-refractivity contribution in [2.24, 2.45) is 5.92 Å². The van der Waals surface area contributed by atoms with Gasteiger partial charge in [-0.05, 0) is 32.3 Å². The molecule has 29 heavy (non-hydrogen) atoms. The summed E-state index contributed by atoms with van der Waals surface area (Å²) >= 11 is 0. The number of ether oxygens (including phenoxy) is 2. The monoisotopic (exact) mass is 408 g/mol. The van der Waals surface area contributed by atoms with E-state index < -0.39 is 23.7 Å². The summed E-state index contributed by atoms with van der Waals surface area (Å²) in [4.78, 5) is 36.6. The molecule has 0 unspecified atom stereocenters. The van der Waals surface area contributed by atoms with E-state index in [9.17, 15) is 14.4 Å². The van der Waals surface area contributed by atoms with Crippen LogP contribution in [-0.4, -0.2) is 53.9 Å². The largest absolute Gasteiger partial charge is 0.452 e. The fourth-order valence-corrected chi connectivity index (χ4v) is 2.35. The van der Waals surface area contributed by atoms with Gasteiger partial charge in [-0.1, -0.05) is 44.2 Å². The summed E-state index contributed by atoms with van der Waals surface area (Å²) in [5.41, 5.74) is 5.24. The molecule has 9 nitrogen and oxygen atoms in total. The van der Waals surface area contributed by atoms with Crippen molar-refractivity contribution in [2.75, 3.05) is 20.2 Å². The number of methoxy groups -OCH3 is 1. The highest BCUT2D eigenvalue weighted by molar-refractivity contribution is 5.81. The van der Waals surface area contributed by atoms with Gasteiger partial charge in [-0.2, -0.15) is 0 Å². The minimum Gasteiger partial charge on any atom is -0.452 e.